The van der Waals surface area contributed by atoms with Crippen LogP contribution in [0.1, 0.15) is 18.4 Å². The summed E-state index contributed by atoms with van der Waals surface area (Å²) >= 11 is 0. The first-order chi connectivity index (χ1) is 7.79. The molecule has 1 aromatic carbocycles. The molecule has 0 aromatic heterocycles. The maximum atomic E-state index is 12.0. The van der Waals surface area contributed by atoms with Gasteiger partial charge in [-0.05, 0) is 18.4 Å². The van der Waals surface area contributed by atoms with Gasteiger partial charge in [-0.25, -0.2) is 5.84 Å². The van der Waals surface area contributed by atoms with Gasteiger partial charge >= 0.3 is 0 Å². The van der Waals surface area contributed by atoms with Crippen molar-refractivity contribution in [1.29, 1.82) is 0 Å². The van der Waals surface area contributed by atoms with Crippen LogP contribution in [0.3, 0.4) is 0 Å². The topological polar surface area (TPSA) is 64.3 Å². The summed E-state index contributed by atoms with van der Waals surface area (Å²) in [6, 6.07) is 9.77. The number of nitrogens with two attached hydrogens (primary N) is 1. The number of amides is 1. The van der Waals surface area contributed by atoms with Gasteiger partial charge < -0.3 is 4.74 Å². The molecular weight excluding hydrogens is 204 g/mol. The lowest BCUT2D eigenvalue weighted by molar-refractivity contribution is -0.130. The number of carbonyl (C=O) groups excluding carboxylic acids is 1. The van der Waals surface area contributed by atoms with E-state index in [1.165, 1.54) is 0 Å². The van der Waals surface area contributed by atoms with Gasteiger partial charge in [0.2, 0.25) is 5.91 Å². The Kier molecular flexibility index (Phi) is 3.22. The third-order valence-electron chi connectivity index (χ3n) is 3.24. The van der Waals surface area contributed by atoms with E-state index < -0.39 is 5.41 Å². The summed E-state index contributed by atoms with van der Waals surface area (Å²) < 4.78 is 5.32. The third-order valence-corrected chi connectivity index (χ3v) is 3.24. The van der Waals surface area contributed by atoms with Gasteiger partial charge in [-0.3, -0.25) is 10.2 Å². The van der Waals surface area contributed by atoms with Gasteiger partial charge in [-0.1, -0.05) is 30.3 Å². The molecule has 1 aromatic rings. The Morgan fingerprint density at radius 1 is 1.25 bits per heavy atom. The predicted octanol–water partition coefficient (Wildman–Crippen LogP) is 0.725. The average Bonchev–Trinajstić information content (AvgIpc) is 2.39. The molecule has 16 heavy (non-hydrogen) atoms. The molecule has 86 valence electrons. The van der Waals surface area contributed by atoms with Crippen LogP contribution in [0.15, 0.2) is 30.3 Å². The monoisotopic (exact) mass is 220 g/mol. The third kappa shape index (κ3) is 1.81. The highest BCUT2D eigenvalue weighted by molar-refractivity contribution is 5.87. The lowest BCUT2D eigenvalue weighted by Gasteiger charge is -2.35. The number of ether oxygens (including phenoxy) is 1. The number of rotatable bonds is 2. The molecule has 0 saturated carbocycles. The highest BCUT2D eigenvalue weighted by atomic mass is 16.5. The summed E-state index contributed by atoms with van der Waals surface area (Å²) in [6.45, 7) is 1.20. The van der Waals surface area contributed by atoms with Crippen LogP contribution in [0, 0.1) is 0 Å². The van der Waals surface area contributed by atoms with Gasteiger partial charge in [0.15, 0.2) is 0 Å². The summed E-state index contributed by atoms with van der Waals surface area (Å²) in [5.74, 6) is 5.16. The Balaban J connectivity index is 2.38. The standard InChI is InChI=1S/C12H16N2O2/c13-14-11(15)12(6-8-16-9-7-12)10-4-2-1-3-5-10/h1-5H,6-9,13H2,(H,14,15). The van der Waals surface area contributed by atoms with E-state index in [-0.39, 0.29) is 5.91 Å². The summed E-state index contributed by atoms with van der Waals surface area (Å²) in [4.78, 5) is 12.0. The van der Waals surface area contributed by atoms with Gasteiger partial charge in [0, 0.05) is 13.2 Å². The van der Waals surface area contributed by atoms with Crippen molar-refractivity contribution in [3.05, 3.63) is 35.9 Å². The Bertz CT molecular complexity index is 359. The summed E-state index contributed by atoms with van der Waals surface area (Å²) in [5.41, 5.74) is 2.77. The Morgan fingerprint density at radius 2 is 1.88 bits per heavy atom. The van der Waals surface area contributed by atoms with Crippen LogP contribution in [0.5, 0.6) is 0 Å². The maximum Gasteiger partial charge on any atom is 0.244 e. The highest BCUT2D eigenvalue weighted by Gasteiger charge is 2.41. The summed E-state index contributed by atoms with van der Waals surface area (Å²) in [6.07, 6.45) is 1.36. The van der Waals surface area contributed by atoms with Crippen LogP contribution in [-0.4, -0.2) is 19.1 Å². The zero-order valence-electron chi connectivity index (χ0n) is 9.11. The van der Waals surface area contributed by atoms with Crippen molar-refractivity contribution in [3.63, 3.8) is 0 Å². The molecule has 1 aliphatic rings. The molecule has 3 N–H and O–H groups in total. The minimum atomic E-state index is -0.520. The van der Waals surface area contributed by atoms with E-state index in [4.69, 9.17) is 10.6 Å². The first-order valence-corrected chi connectivity index (χ1v) is 5.44. The van der Waals surface area contributed by atoms with Crippen LogP contribution in [-0.2, 0) is 14.9 Å². The minimum absolute atomic E-state index is 0.123. The van der Waals surface area contributed by atoms with E-state index >= 15 is 0 Å². The second kappa shape index (κ2) is 4.63. The highest BCUT2D eigenvalue weighted by Crippen LogP contribution is 2.34. The molecule has 0 atom stereocenters. The molecule has 2 rings (SSSR count). The normalized spacial score (nSPS) is 19.1. The fourth-order valence-corrected chi connectivity index (χ4v) is 2.26. The average molecular weight is 220 g/mol. The molecule has 4 heteroatoms. The predicted molar refractivity (Wildman–Crippen MR) is 60.5 cm³/mol. The van der Waals surface area contributed by atoms with Crippen molar-refractivity contribution in [3.8, 4) is 0 Å². The Morgan fingerprint density at radius 3 is 2.44 bits per heavy atom. The van der Waals surface area contributed by atoms with E-state index in [2.05, 4.69) is 5.43 Å². The van der Waals surface area contributed by atoms with Gasteiger partial charge in [0.25, 0.3) is 0 Å². The van der Waals surface area contributed by atoms with E-state index in [1.807, 2.05) is 30.3 Å². The molecule has 0 unspecified atom stereocenters. The Labute approximate surface area is 94.8 Å². The van der Waals surface area contributed by atoms with Crippen molar-refractivity contribution in [2.75, 3.05) is 13.2 Å². The van der Waals surface area contributed by atoms with E-state index in [9.17, 15) is 4.79 Å². The quantitative estimate of drug-likeness (QED) is 0.438. The number of benzene rings is 1. The fourth-order valence-electron chi connectivity index (χ4n) is 2.26. The number of carbonyl (C=O) groups is 1. The SMILES string of the molecule is NNC(=O)C1(c2ccccc2)CCOCC1. The molecule has 0 spiro atoms. The van der Waals surface area contributed by atoms with Gasteiger partial charge in [0.05, 0.1) is 5.41 Å². The van der Waals surface area contributed by atoms with Crippen molar-refractivity contribution >= 4 is 5.91 Å². The van der Waals surface area contributed by atoms with Crippen LogP contribution in [0.2, 0.25) is 0 Å². The van der Waals surface area contributed by atoms with Crippen LogP contribution in [0.25, 0.3) is 0 Å². The molecule has 1 aliphatic heterocycles. The van der Waals surface area contributed by atoms with Crippen molar-refractivity contribution in [2.24, 2.45) is 5.84 Å². The van der Waals surface area contributed by atoms with Crippen molar-refractivity contribution < 1.29 is 9.53 Å². The van der Waals surface area contributed by atoms with E-state index in [0.29, 0.717) is 26.1 Å². The van der Waals surface area contributed by atoms with Crippen LogP contribution in [0.4, 0.5) is 0 Å². The van der Waals surface area contributed by atoms with E-state index in [0.717, 1.165) is 5.56 Å². The zero-order chi connectivity index (χ0) is 11.4. The van der Waals surface area contributed by atoms with Gasteiger partial charge in [-0.2, -0.15) is 0 Å². The number of hydrogen-bond acceptors (Lipinski definition) is 3. The first-order valence-electron chi connectivity index (χ1n) is 5.44. The number of hydrogen-bond donors (Lipinski definition) is 2. The molecule has 0 aliphatic carbocycles. The molecule has 1 heterocycles. The maximum absolute atomic E-state index is 12.0. The molecule has 0 bridgehead atoms. The molecule has 1 fully saturated rings. The van der Waals surface area contributed by atoms with Crippen LogP contribution < -0.4 is 11.3 Å². The number of hydrazine groups is 1. The Hall–Kier alpha value is -1.39. The van der Waals surface area contributed by atoms with Crippen LogP contribution >= 0.6 is 0 Å². The summed E-state index contributed by atoms with van der Waals surface area (Å²) in [5, 5.41) is 0. The molecule has 1 saturated heterocycles. The second-order valence-corrected chi connectivity index (χ2v) is 4.03. The number of nitrogens with one attached hydrogen (secondary N) is 1. The lowest BCUT2D eigenvalue weighted by Crippen LogP contribution is -2.50. The largest absolute Gasteiger partial charge is 0.381 e. The van der Waals surface area contributed by atoms with Crippen molar-refractivity contribution in [2.45, 2.75) is 18.3 Å². The first kappa shape index (κ1) is 11.1. The zero-order valence-corrected chi connectivity index (χ0v) is 9.11. The van der Waals surface area contributed by atoms with Crippen molar-refractivity contribution in [1.82, 2.24) is 5.43 Å². The van der Waals surface area contributed by atoms with Gasteiger partial charge in [-0.15, -0.1) is 0 Å². The second-order valence-electron chi connectivity index (χ2n) is 4.03. The van der Waals surface area contributed by atoms with E-state index in [1.54, 1.807) is 0 Å². The molecule has 4 nitrogen and oxygen atoms in total. The smallest absolute Gasteiger partial charge is 0.244 e. The fraction of sp³-hybridized carbons (Fsp3) is 0.417. The van der Waals surface area contributed by atoms with Gasteiger partial charge in [0.1, 0.15) is 0 Å². The molecule has 0 radical (unpaired) electrons. The lowest BCUT2D eigenvalue weighted by atomic mass is 9.73. The minimum Gasteiger partial charge on any atom is -0.381 e. The molecule has 1 amide bonds. The molecular formula is C12H16N2O2. The summed E-state index contributed by atoms with van der Waals surface area (Å²) in [7, 11) is 0.